The molecule has 1 fully saturated rings. The van der Waals surface area contributed by atoms with Crippen LogP contribution in [0.25, 0.3) is 0 Å². The van der Waals surface area contributed by atoms with Gasteiger partial charge in [-0.2, -0.15) is 0 Å². The Morgan fingerprint density at radius 1 is 1.44 bits per heavy atom. The van der Waals surface area contributed by atoms with E-state index in [1.807, 2.05) is 14.1 Å². The van der Waals surface area contributed by atoms with Gasteiger partial charge in [-0.15, -0.1) is 0 Å². The van der Waals surface area contributed by atoms with Crippen molar-refractivity contribution in [1.29, 1.82) is 0 Å². The van der Waals surface area contributed by atoms with Crippen molar-refractivity contribution in [2.75, 3.05) is 33.7 Å². The number of carbonyl (C=O) groups is 1. The maximum absolute atomic E-state index is 11.9. The summed E-state index contributed by atoms with van der Waals surface area (Å²) in [7, 11) is 4.07. The molecule has 0 bridgehead atoms. The lowest BCUT2D eigenvalue weighted by molar-refractivity contribution is -0.132. The molecule has 5 nitrogen and oxygen atoms in total. The Kier molecular flexibility index (Phi) is 5.56. The van der Waals surface area contributed by atoms with E-state index in [2.05, 4.69) is 24.1 Å². The molecule has 18 heavy (non-hydrogen) atoms. The summed E-state index contributed by atoms with van der Waals surface area (Å²) in [6.45, 7) is 6.38. The predicted octanol–water partition coefficient (Wildman–Crippen LogP) is 0.197. The molecule has 5 heteroatoms. The van der Waals surface area contributed by atoms with E-state index >= 15 is 0 Å². The molecule has 0 spiro atoms. The second-order valence-corrected chi connectivity index (χ2v) is 6.18. The van der Waals surface area contributed by atoms with E-state index in [0.717, 1.165) is 19.4 Å². The van der Waals surface area contributed by atoms with Crippen LogP contribution >= 0.6 is 0 Å². The number of carbonyl (C=O) groups excluding carboxylic acids is 1. The average Bonchev–Trinajstić information content (AvgIpc) is 2.72. The summed E-state index contributed by atoms with van der Waals surface area (Å²) in [6.07, 6.45) is 1.40. The first kappa shape index (κ1) is 15.4. The van der Waals surface area contributed by atoms with Gasteiger partial charge in [-0.3, -0.25) is 4.79 Å². The maximum atomic E-state index is 11.9. The molecule has 2 atom stereocenters. The summed E-state index contributed by atoms with van der Waals surface area (Å²) in [5.74, 6) is -0.00205. The fourth-order valence-electron chi connectivity index (χ4n) is 2.42. The molecule has 0 unspecified atom stereocenters. The highest BCUT2D eigenvalue weighted by Crippen LogP contribution is 2.20. The second kappa shape index (κ2) is 6.50. The van der Waals surface area contributed by atoms with Crippen LogP contribution in [0.1, 0.15) is 26.7 Å². The molecule has 1 rings (SSSR count). The van der Waals surface area contributed by atoms with Crippen molar-refractivity contribution in [2.24, 2.45) is 11.1 Å². The van der Waals surface area contributed by atoms with Gasteiger partial charge in [-0.1, -0.05) is 13.8 Å². The van der Waals surface area contributed by atoms with Gasteiger partial charge in [-0.25, -0.2) is 0 Å². The van der Waals surface area contributed by atoms with Crippen molar-refractivity contribution in [3.63, 3.8) is 0 Å². The van der Waals surface area contributed by atoms with Crippen molar-refractivity contribution >= 4 is 5.91 Å². The molecular formula is C13H27N3O2. The van der Waals surface area contributed by atoms with Crippen LogP contribution in [0.5, 0.6) is 0 Å². The fraction of sp³-hybridized carbons (Fsp3) is 0.923. The first-order chi connectivity index (χ1) is 8.34. The smallest absolute Gasteiger partial charge is 0.249 e. The number of hydrogen-bond donors (Lipinski definition) is 2. The van der Waals surface area contributed by atoms with Gasteiger partial charge in [0.2, 0.25) is 5.91 Å². The summed E-state index contributed by atoms with van der Waals surface area (Å²) in [4.78, 5) is 14.1. The van der Waals surface area contributed by atoms with Crippen LogP contribution in [-0.2, 0) is 9.53 Å². The Morgan fingerprint density at radius 2 is 2.11 bits per heavy atom. The lowest BCUT2D eigenvalue weighted by Gasteiger charge is -2.28. The van der Waals surface area contributed by atoms with Crippen LogP contribution < -0.4 is 11.1 Å². The van der Waals surface area contributed by atoms with Crippen LogP contribution in [0.4, 0.5) is 0 Å². The molecule has 0 saturated carbocycles. The Hall–Kier alpha value is -0.650. The first-order valence-electron chi connectivity index (χ1n) is 6.62. The molecule has 1 heterocycles. The predicted molar refractivity (Wildman–Crippen MR) is 72.3 cm³/mol. The molecule has 1 saturated heterocycles. The third-order valence-electron chi connectivity index (χ3n) is 3.15. The van der Waals surface area contributed by atoms with Crippen molar-refractivity contribution in [2.45, 2.75) is 38.9 Å². The molecule has 0 radical (unpaired) electrons. The Labute approximate surface area is 110 Å². The molecule has 1 aliphatic heterocycles. The molecule has 1 aliphatic rings. The fourth-order valence-corrected chi connectivity index (χ4v) is 2.42. The van der Waals surface area contributed by atoms with E-state index in [1.54, 1.807) is 0 Å². The van der Waals surface area contributed by atoms with Crippen LogP contribution in [0.2, 0.25) is 0 Å². The molecule has 0 aromatic heterocycles. The van der Waals surface area contributed by atoms with Crippen molar-refractivity contribution in [3.05, 3.63) is 0 Å². The van der Waals surface area contributed by atoms with E-state index in [-0.39, 0.29) is 23.5 Å². The van der Waals surface area contributed by atoms with Crippen LogP contribution in [-0.4, -0.2) is 56.7 Å². The molecule has 0 aromatic carbocycles. The summed E-state index contributed by atoms with van der Waals surface area (Å²) in [5, 5.41) is 2.98. The molecule has 0 aromatic rings. The summed E-state index contributed by atoms with van der Waals surface area (Å²) < 4.78 is 5.57. The number of amides is 1. The number of rotatable bonds is 6. The van der Waals surface area contributed by atoms with Gasteiger partial charge in [0.15, 0.2) is 0 Å². The standard InChI is InChI=1S/C13H27N3O2/c1-13(2,9-16(3)4)8-15-12(17)11-6-5-10(7-14)18-11/h10-11H,5-9,14H2,1-4H3,(H,15,17)/t10-,11+/m1/s1. The van der Waals surface area contributed by atoms with Crippen LogP contribution in [0, 0.1) is 5.41 Å². The van der Waals surface area contributed by atoms with Gasteiger partial charge in [-0.05, 0) is 32.4 Å². The van der Waals surface area contributed by atoms with Gasteiger partial charge in [0.25, 0.3) is 0 Å². The first-order valence-corrected chi connectivity index (χ1v) is 6.62. The summed E-state index contributed by atoms with van der Waals surface area (Å²) in [5.41, 5.74) is 5.59. The zero-order chi connectivity index (χ0) is 13.8. The maximum Gasteiger partial charge on any atom is 0.249 e. The van der Waals surface area contributed by atoms with Crippen molar-refractivity contribution in [1.82, 2.24) is 10.2 Å². The number of nitrogens with zero attached hydrogens (tertiary/aromatic N) is 1. The SMILES string of the molecule is CN(C)CC(C)(C)CNC(=O)[C@@H]1CC[C@H](CN)O1. The molecule has 1 amide bonds. The van der Waals surface area contributed by atoms with Gasteiger partial charge >= 0.3 is 0 Å². The minimum atomic E-state index is -0.311. The number of hydrogen-bond acceptors (Lipinski definition) is 4. The highest BCUT2D eigenvalue weighted by Gasteiger charge is 2.30. The highest BCUT2D eigenvalue weighted by molar-refractivity contribution is 5.81. The Bertz CT molecular complexity index is 279. The second-order valence-electron chi connectivity index (χ2n) is 6.18. The van der Waals surface area contributed by atoms with Gasteiger partial charge < -0.3 is 20.7 Å². The lowest BCUT2D eigenvalue weighted by Crippen LogP contribution is -2.43. The zero-order valence-corrected chi connectivity index (χ0v) is 12.0. The number of nitrogens with two attached hydrogens (primary N) is 1. The monoisotopic (exact) mass is 257 g/mol. The number of nitrogens with one attached hydrogen (secondary N) is 1. The molecule has 0 aliphatic carbocycles. The van der Waals surface area contributed by atoms with E-state index in [9.17, 15) is 4.79 Å². The average molecular weight is 257 g/mol. The lowest BCUT2D eigenvalue weighted by atomic mass is 9.93. The van der Waals surface area contributed by atoms with Crippen LogP contribution in [0.15, 0.2) is 0 Å². The van der Waals surface area contributed by atoms with Gasteiger partial charge in [0.1, 0.15) is 6.10 Å². The quantitative estimate of drug-likeness (QED) is 0.713. The molecule has 106 valence electrons. The summed E-state index contributed by atoms with van der Waals surface area (Å²) >= 11 is 0. The normalized spacial score (nSPS) is 24.6. The molecular weight excluding hydrogens is 230 g/mol. The van der Waals surface area contributed by atoms with E-state index in [1.165, 1.54) is 0 Å². The Balaban J connectivity index is 2.33. The van der Waals surface area contributed by atoms with E-state index in [4.69, 9.17) is 10.5 Å². The summed E-state index contributed by atoms with van der Waals surface area (Å²) in [6, 6.07) is 0. The number of ether oxygens (including phenoxy) is 1. The van der Waals surface area contributed by atoms with E-state index in [0.29, 0.717) is 13.1 Å². The van der Waals surface area contributed by atoms with Gasteiger partial charge in [0, 0.05) is 19.6 Å². The van der Waals surface area contributed by atoms with Crippen LogP contribution in [0.3, 0.4) is 0 Å². The minimum absolute atomic E-state index is 0.00205. The van der Waals surface area contributed by atoms with Gasteiger partial charge in [0.05, 0.1) is 6.10 Å². The minimum Gasteiger partial charge on any atom is -0.364 e. The zero-order valence-electron chi connectivity index (χ0n) is 12.0. The van der Waals surface area contributed by atoms with Crippen molar-refractivity contribution in [3.8, 4) is 0 Å². The van der Waals surface area contributed by atoms with Crippen molar-refractivity contribution < 1.29 is 9.53 Å². The molecule has 3 N–H and O–H groups in total. The van der Waals surface area contributed by atoms with E-state index < -0.39 is 0 Å². The third-order valence-corrected chi connectivity index (χ3v) is 3.15. The highest BCUT2D eigenvalue weighted by atomic mass is 16.5. The third kappa shape index (κ3) is 4.92. The Morgan fingerprint density at radius 3 is 2.61 bits per heavy atom. The topological polar surface area (TPSA) is 67.6 Å². The largest absolute Gasteiger partial charge is 0.364 e.